The Morgan fingerprint density at radius 2 is 1.89 bits per heavy atom. The van der Waals surface area contributed by atoms with Crippen LogP contribution in [0.25, 0.3) is 0 Å². The van der Waals surface area contributed by atoms with E-state index in [2.05, 4.69) is 33.9 Å². The van der Waals surface area contributed by atoms with Crippen molar-refractivity contribution < 1.29 is 19.1 Å². The highest BCUT2D eigenvalue weighted by Gasteiger charge is 2.53. The average molecular weight is 287 g/mol. The van der Waals surface area contributed by atoms with E-state index in [1.54, 1.807) is 0 Å². The van der Waals surface area contributed by atoms with Crippen LogP contribution in [0.1, 0.15) is 34.6 Å². The van der Waals surface area contributed by atoms with Crippen molar-refractivity contribution in [1.29, 1.82) is 0 Å². The predicted octanol–water partition coefficient (Wildman–Crippen LogP) is 2.92. The van der Waals surface area contributed by atoms with E-state index in [-0.39, 0.29) is 11.6 Å². The SMILES string of the molecule is CC1(C)CN(C(=O)O)C(=O)C1O[Si](C)(C)C(C)(C)C. The van der Waals surface area contributed by atoms with E-state index >= 15 is 0 Å². The van der Waals surface area contributed by atoms with Crippen molar-refractivity contribution in [3.63, 3.8) is 0 Å². The summed E-state index contributed by atoms with van der Waals surface area (Å²) in [7, 11) is -2.11. The highest BCUT2D eigenvalue weighted by atomic mass is 28.4. The summed E-state index contributed by atoms with van der Waals surface area (Å²) >= 11 is 0. The molecule has 0 bridgehead atoms. The molecule has 1 saturated heterocycles. The van der Waals surface area contributed by atoms with Crippen LogP contribution in [0.4, 0.5) is 4.79 Å². The lowest BCUT2D eigenvalue weighted by molar-refractivity contribution is -0.133. The maximum Gasteiger partial charge on any atom is 0.414 e. The lowest BCUT2D eigenvalue weighted by atomic mass is 9.90. The molecule has 1 rings (SSSR count). The minimum absolute atomic E-state index is 0.0139. The standard InChI is InChI=1S/C13H25NO4Si/c1-12(2,3)19(6,7)18-9-10(15)14(11(16)17)8-13(9,4)5/h9H,8H2,1-7H3,(H,16,17). The van der Waals surface area contributed by atoms with Crippen LogP contribution in [-0.2, 0) is 9.22 Å². The van der Waals surface area contributed by atoms with Crippen LogP contribution in [0, 0.1) is 5.41 Å². The third kappa shape index (κ3) is 3.00. The lowest BCUT2D eigenvalue weighted by Gasteiger charge is -2.40. The molecule has 1 atom stereocenters. The molecular weight excluding hydrogens is 262 g/mol. The number of hydrogen-bond acceptors (Lipinski definition) is 3. The van der Waals surface area contributed by atoms with Gasteiger partial charge in [0.15, 0.2) is 8.32 Å². The van der Waals surface area contributed by atoms with Gasteiger partial charge < -0.3 is 9.53 Å². The number of imide groups is 1. The average Bonchev–Trinajstić information content (AvgIpc) is 2.39. The number of carbonyl (C=O) groups excluding carboxylic acids is 1. The summed E-state index contributed by atoms with van der Waals surface area (Å²) in [5.74, 6) is -0.428. The molecule has 1 fully saturated rings. The fourth-order valence-electron chi connectivity index (χ4n) is 1.89. The molecule has 1 N–H and O–H groups in total. The van der Waals surface area contributed by atoms with Crippen molar-refractivity contribution in [3.05, 3.63) is 0 Å². The Morgan fingerprint density at radius 3 is 2.21 bits per heavy atom. The number of amides is 2. The monoisotopic (exact) mass is 287 g/mol. The van der Waals surface area contributed by atoms with Crippen molar-refractivity contribution in [2.45, 2.75) is 58.9 Å². The smallest absolute Gasteiger partial charge is 0.414 e. The van der Waals surface area contributed by atoms with Crippen LogP contribution in [0.15, 0.2) is 0 Å². The molecule has 0 aliphatic carbocycles. The Balaban J connectivity index is 3.01. The molecule has 1 aliphatic heterocycles. The van der Waals surface area contributed by atoms with E-state index in [9.17, 15) is 9.59 Å². The molecule has 1 unspecified atom stereocenters. The highest BCUT2D eigenvalue weighted by molar-refractivity contribution is 6.74. The van der Waals surface area contributed by atoms with Crippen molar-refractivity contribution >= 4 is 20.3 Å². The van der Waals surface area contributed by atoms with Crippen LogP contribution < -0.4 is 0 Å². The normalized spacial score (nSPS) is 23.8. The molecule has 1 heterocycles. The summed E-state index contributed by atoms with van der Waals surface area (Å²) in [4.78, 5) is 24.2. The van der Waals surface area contributed by atoms with Crippen molar-refractivity contribution in [2.24, 2.45) is 5.41 Å². The Kier molecular flexibility index (Phi) is 3.91. The van der Waals surface area contributed by atoms with E-state index in [0.717, 1.165) is 4.90 Å². The molecular formula is C13H25NO4Si. The van der Waals surface area contributed by atoms with Gasteiger partial charge in [-0.15, -0.1) is 0 Å². The Hall–Kier alpha value is -0.883. The maximum atomic E-state index is 12.2. The summed E-state index contributed by atoms with van der Waals surface area (Å²) in [6.07, 6.45) is -1.86. The second kappa shape index (κ2) is 4.59. The van der Waals surface area contributed by atoms with Crippen LogP contribution >= 0.6 is 0 Å². The summed E-state index contributed by atoms with van der Waals surface area (Å²) in [5, 5.41) is 9.04. The number of rotatable bonds is 2. The van der Waals surface area contributed by atoms with Gasteiger partial charge in [0.05, 0.1) is 0 Å². The third-order valence-corrected chi connectivity index (χ3v) is 8.65. The first kappa shape index (κ1) is 16.2. The lowest BCUT2D eigenvalue weighted by Crippen LogP contribution is -2.49. The van der Waals surface area contributed by atoms with Gasteiger partial charge in [0.2, 0.25) is 0 Å². The summed E-state index contributed by atoms with van der Waals surface area (Å²) in [6.45, 7) is 14.4. The van der Waals surface area contributed by atoms with Gasteiger partial charge in [0.1, 0.15) is 6.10 Å². The van der Waals surface area contributed by atoms with E-state index < -0.39 is 31.8 Å². The molecule has 0 aromatic rings. The quantitative estimate of drug-likeness (QED) is 0.793. The van der Waals surface area contributed by atoms with Crippen LogP contribution in [0.3, 0.4) is 0 Å². The predicted molar refractivity (Wildman–Crippen MR) is 75.6 cm³/mol. The number of hydrogen-bond donors (Lipinski definition) is 1. The Labute approximate surface area is 116 Å². The fraction of sp³-hybridized carbons (Fsp3) is 0.846. The van der Waals surface area contributed by atoms with Gasteiger partial charge in [0.25, 0.3) is 5.91 Å². The van der Waals surface area contributed by atoms with E-state index in [0.29, 0.717) is 0 Å². The summed E-state index contributed by atoms with van der Waals surface area (Å²) in [5.41, 5.74) is -0.481. The molecule has 0 spiro atoms. The molecule has 0 saturated carbocycles. The maximum absolute atomic E-state index is 12.2. The first-order chi connectivity index (χ1) is 8.29. The first-order valence-electron chi connectivity index (χ1n) is 6.52. The molecule has 0 aromatic heterocycles. The van der Waals surface area contributed by atoms with Crippen LogP contribution in [0.5, 0.6) is 0 Å². The van der Waals surface area contributed by atoms with Gasteiger partial charge in [0, 0.05) is 12.0 Å². The zero-order valence-electron chi connectivity index (χ0n) is 12.9. The molecule has 1 aliphatic rings. The molecule has 0 aromatic carbocycles. The van der Waals surface area contributed by atoms with Gasteiger partial charge in [-0.3, -0.25) is 4.79 Å². The number of carboxylic acid groups (broad SMARTS) is 1. The topological polar surface area (TPSA) is 66.8 Å². The van der Waals surface area contributed by atoms with Gasteiger partial charge in [-0.1, -0.05) is 34.6 Å². The largest absolute Gasteiger partial charge is 0.465 e. The summed E-state index contributed by atoms with van der Waals surface area (Å²) in [6, 6.07) is 0. The molecule has 19 heavy (non-hydrogen) atoms. The van der Waals surface area contributed by atoms with Gasteiger partial charge in [-0.2, -0.15) is 0 Å². The van der Waals surface area contributed by atoms with Gasteiger partial charge >= 0.3 is 6.09 Å². The highest BCUT2D eigenvalue weighted by Crippen LogP contribution is 2.42. The zero-order valence-corrected chi connectivity index (χ0v) is 13.9. The van der Waals surface area contributed by atoms with Crippen molar-refractivity contribution in [2.75, 3.05) is 6.54 Å². The van der Waals surface area contributed by atoms with E-state index in [1.165, 1.54) is 0 Å². The molecule has 5 nitrogen and oxygen atoms in total. The van der Waals surface area contributed by atoms with Gasteiger partial charge in [-0.25, -0.2) is 9.69 Å². The number of likely N-dealkylation sites (tertiary alicyclic amines) is 1. The first-order valence-corrected chi connectivity index (χ1v) is 9.42. The van der Waals surface area contributed by atoms with E-state index in [1.807, 2.05) is 13.8 Å². The third-order valence-electron chi connectivity index (χ3n) is 4.22. The molecule has 110 valence electrons. The second-order valence-corrected chi connectivity index (χ2v) is 12.2. The minimum Gasteiger partial charge on any atom is -0.465 e. The minimum atomic E-state index is -2.11. The molecule has 6 heteroatoms. The molecule has 2 amide bonds. The Bertz CT molecular complexity index is 398. The number of nitrogens with zero attached hydrogens (tertiary/aromatic N) is 1. The van der Waals surface area contributed by atoms with Gasteiger partial charge in [-0.05, 0) is 18.1 Å². The second-order valence-electron chi connectivity index (χ2n) is 7.45. The zero-order chi connectivity index (χ0) is 15.2. The van der Waals surface area contributed by atoms with Crippen LogP contribution in [0.2, 0.25) is 18.1 Å². The Morgan fingerprint density at radius 1 is 1.42 bits per heavy atom. The summed E-state index contributed by atoms with van der Waals surface area (Å²) < 4.78 is 6.16. The molecule has 0 radical (unpaired) electrons. The van der Waals surface area contributed by atoms with E-state index in [4.69, 9.17) is 9.53 Å². The fourth-order valence-corrected chi connectivity index (χ4v) is 3.25. The number of carbonyl (C=O) groups is 2. The van der Waals surface area contributed by atoms with Crippen LogP contribution in [-0.4, -0.2) is 43.0 Å². The van der Waals surface area contributed by atoms with Crippen molar-refractivity contribution in [3.8, 4) is 0 Å². The van der Waals surface area contributed by atoms with Crippen molar-refractivity contribution in [1.82, 2.24) is 4.90 Å².